The van der Waals surface area contributed by atoms with Crippen molar-refractivity contribution in [2.75, 3.05) is 18.4 Å². The van der Waals surface area contributed by atoms with Gasteiger partial charge in [0.2, 0.25) is 21.9 Å². The van der Waals surface area contributed by atoms with Crippen molar-refractivity contribution in [1.82, 2.24) is 13.7 Å². The van der Waals surface area contributed by atoms with E-state index in [1.165, 1.54) is 18.2 Å². The molecule has 0 saturated carbocycles. The van der Waals surface area contributed by atoms with Crippen LogP contribution in [0.1, 0.15) is 20.3 Å². The molecule has 24 heavy (non-hydrogen) atoms. The summed E-state index contributed by atoms with van der Waals surface area (Å²) in [5, 5.41) is 3.19. The molecule has 1 aromatic heterocycles. The van der Waals surface area contributed by atoms with Crippen molar-refractivity contribution in [2.24, 2.45) is 0 Å². The molecule has 0 spiro atoms. The molecule has 1 aliphatic heterocycles. The van der Waals surface area contributed by atoms with Gasteiger partial charge in [0.05, 0.1) is 0 Å². The fourth-order valence-electron chi connectivity index (χ4n) is 2.19. The van der Waals surface area contributed by atoms with E-state index in [-0.39, 0.29) is 5.95 Å². The number of aromatic nitrogens is 2. The van der Waals surface area contributed by atoms with E-state index < -0.39 is 20.7 Å². The van der Waals surface area contributed by atoms with Gasteiger partial charge in [-0.25, -0.2) is 12.7 Å². The third-order valence-corrected chi connectivity index (χ3v) is 7.30. The van der Waals surface area contributed by atoms with E-state index in [4.69, 9.17) is 0 Å². The Morgan fingerprint density at radius 1 is 1.25 bits per heavy atom. The molecule has 0 aliphatic carbocycles. The number of hydrogen-bond acceptors (Lipinski definition) is 6. The van der Waals surface area contributed by atoms with E-state index in [0.717, 1.165) is 23.5 Å². The maximum atomic E-state index is 12.5. The first-order valence-corrected chi connectivity index (χ1v) is 9.74. The van der Waals surface area contributed by atoms with Crippen LogP contribution in [0.3, 0.4) is 0 Å². The average Bonchev–Trinajstić information content (AvgIpc) is 2.94. The lowest BCUT2D eigenvalue weighted by molar-refractivity contribution is -0.118. The standard InChI is InChI=1S/C15H18N4O3S2/c1-15(2,24(21,22)19-9-6-10-19)13(20)17-14-16-12(23-18-14)11-7-4-3-5-8-11/h3-5,7-8H,6,9-10H2,1-2H3,(H,17,18,20). The van der Waals surface area contributed by atoms with Gasteiger partial charge in [0.25, 0.3) is 0 Å². The van der Waals surface area contributed by atoms with Gasteiger partial charge in [-0.1, -0.05) is 30.3 Å². The SMILES string of the molecule is CC(C)(C(=O)Nc1nsc(-c2ccccc2)n1)S(=O)(=O)N1CCC1. The molecule has 0 bridgehead atoms. The molecular formula is C15H18N4O3S2. The van der Waals surface area contributed by atoms with E-state index in [9.17, 15) is 13.2 Å². The van der Waals surface area contributed by atoms with Crippen LogP contribution in [-0.2, 0) is 14.8 Å². The van der Waals surface area contributed by atoms with Gasteiger partial charge >= 0.3 is 0 Å². The van der Waals surface area contributed by atoms with Gasteiger partial charge in [-0.3, -0.25) is 10.1 Å². The number of nitrogens with one attached hydrogen (secondary N) is 1. The van der Waals surface area contributed by atoms with Crippen molar-refractivity contribution in [3.8, 4) is 10.6 Å². The van der Waals surface area contributed by atoms with Gasteiger partial charge in [0, 0.05) is 18.7 Å². The molecule has 2 heterocycles. The molecule has 0 radical (unpaired) electrons. The third-order valence-electron chi connectivity index (χ3n) is 4.02. The van der Waals surface area contributed by atoms with Crippen LogP contribution >= 0.6 is 11.5 Å². The predicted octanol–water partition coefficient (Wildman–Crippen LogP) is 1.96. The van der Waals surface area contributed by atoms with Crippen LogP contribution < -0.4 is 5.32 Å². The number of carbonyl (C=O) groups is 1. The summed E-state index contributed by atoms with van der Waals surface area (Å²) >= 11 is 1.15. The van der Waals surface area contributed by atoms with Crippen LogP contribution in [0.5, 0.6) is 0 Å². The Morgan fingerprint density at radius 2 is 1.92 bits per heavy atom. The van der Waals surface area contributed by atoms with Crippen molar-refractivity contribution >= 4 is 33.4 Å². The monoisotopic (exact) mass is 366 g/mol. The summed E-state index contributed by atoms with van der Waals surface area (Å²) in [4.78, 5) is 16.7. The molecule has 128 valence electrons. The molecule has 0 unspecified atom stereocenters. The minimum atomic E-state index is -3.70. The van der Waals surface area contributed by atoms with Gasteiger partial charge in [0.1, 0.15) is 5.01 Å². The maximum Gasteiger partial charge on any atom is 0.249 e. The van der Waals surface area contributed by atoms with Gasteiger partial charge in [-0.2, -0.15) is 9.36 Å². The lowest BCUT2D eigenvalue weighted by Gasteiger charge is -2.36. The zero-order valence-corrected chi connectivity index (χ0v) is 15.0. The molecular weight excluding hydrogens is 348 g/mol. The number of nitrogens with zero attached hydrogens (tertiary/aromatic N) is 3. The molecule has 3 rings (SSSR count). The Morgan fingerprint density at radius 3 is 2.50 bits per heavy atom. The van der Waals surface area contributed by atoms with Crippen LogP contribution in [0.2, 0.25) is 0 Å². The Hall–Kier alpha value is -1.84. The van der Waals surface area contributed by atoms with Gasteiger partial charge < -0.3 is 0 Å². The second-order valence-corrected chi connectivity index (χ2v) is 9.25. The molecule has 1 amide bonds. The molecule has 0 atom stereocenters. The first-order valence-electron chi connectivity index (χ1n) is 7.52. The number of carbonyl (C=O) groups excluding carboxylic acids is 1. The highest BCUT2D eigenvalue weighted by Gasteiger charge is 2.47. The summed E-state index contributed by atoms with van der Waals surface area (Å²) in [5.74, 6) is -0.512. The van der Waals surface area contributed by atoms with Crippen LogP contribution in [0.25, 0.3) is 10.6 Å². The second-order valence-electron chi connectivity index (χ2n) is 6.01. The molecule has 9 heteroatoms. The number of benzene rings is 1. The Bertz CT molecular complexity index is 843. The molecule has 1 saturated heterocycles. The largest absolute Gasteiger partial charge is 0.292 e. The number of rotatable bonds is 5. The fourth-order valence-corrected chi connectivity index (χ4v) is 4.49. The first kappa shape index (κ1) is 17.0. The summed E-state index contributed by atoms with van der Waals surface area (Å²) in [5.41, 5.74) is 0.892. The average molecular weight is 366 g/mol. The van der Waals surface area contributed by atoms with Crippen molar-refractivity contribution < 1.29 is 13.2 Å². The molecule has 1 fully saturated rings. The summed E-state index contributed by atoms with van der Waals surface area (Å²) in [6, 6.07) is 9.46. The zero-order valence-electron chi connectivity index (χ0n) is 13.4. The summed E-state index contributed by atoms with van der Waals surface area (Å²) in [6.45, 7) is 3.74. The first-order chi connectivity index (χ1) is 11.3. The molecule has 7 nitrogen and oxygen atoms in total. The maximum absolute atomic E-state index is 12.5. The summed E-state index contributed by atoms with van der Waals surface area (Å²) in [6.07, 6.45) is 0.824. The quantitative estimate of drug-likeness (QED) is 0.873. The van der Waals surface area contributed by atoms with Crippen molar-refractivity contribution in [1.29, 1.82) is 0 Å². The lowest BCUT2D eigenvalue weighted by atomic mass is 10.2. The molecule has 1 aromatic carbocycles. The molecule has 2 aromatic rings. The van der Waals surface area contributed by atoms with Crippen molar-refractivity contribution in [3.05, 3.63) is 30.3 Å². The highest BCUT2D eigenvalue weighted by molar-refractivity contribution is 7.91. The van der Waals surface area contributed by atoms with Crippen LogP contribution in [0.4, 0.5) is 5.95 Å². The number of sulfonamides is 1. The molecule has 1 aliphatic rings. The van der Waals surface area contributed by atoms with E-state index in [2.05, 4.69) is 14.7 Å². The van der Waals surface area contributed by atoms with Crippen LogP contribution in [0, 0.1) is 0 Å². The third kappa shape index (κ3) is 2.94. The number of amides is 1. The fraction of sp³-hybridized carbons (Fsp3) is 0.400. The normalized spacial score (nSPS) is 15.8. The number of hydrogen-bond donors (Lipinski definition) is 1. The van der Waals surface area contributed by atoms with E-state index in [0.29, 0.717) is 18.1 Å². The van der Waals surface area contributed by atoms with E-state index in [1.54, 1.807) is 0 Å². The smallest absolute Gasteiger partial charge is 0.249 e. The predicted molar refractivity (Wildman–Crippen MR) is 93.2 cm³/mol. The summed E-state index contributed by atoms with van der Waals surface area (Å²) in [7, 11) is -3.70. The van der Waals surface area contributed by atoms with Crippen LogP contribution in [0.15, 0.2) is 30.3 Å². The lowest BCUT2D eigenvalue weighted by Crippen LogP contribution is -2.55. The highest BCUT2D eigenvalue weighted by atomic mass is 32.2. The van der Waals surface area contributed by atoms with Gasteiger partial charge in [0.15, 0.2) is 4.75 Å². The van der Waals surface area contributed by atoms with Gasteiger partial charge in [-0.05, 0) is 31.8 Å². The summed E-state index contributed by atoms with van der Waals surface area (Å²) < 4.78 is 28.9. The van der Waals surface area contributed by atoms with Crippen molar-refractivity contribution in [3.63, 3.8) is 0 Å². The van der Waals surface area contributed by atoms with Crippen LogP contribution in [-0.4, -0.2) is 45.8 Å². The Kier molecular flexibility index (Phi) is 4.41. The topological polar surface area (TPSA) is 92.3 Å². The van der Waals surface area contributed by atoms with E-state index >= 15 is 0 Å². The second kappa shape index (κ2) is 6.23. The Labute approximate surface area is 144 Å². The Balaban J connectivity index is 1.76. The number of anilines is 1. The minimum Gasteiger partial charge on any atom is -0.292 e. The molecule has 1 N–H and O–H groups in total. The minimum absolute atomic E-state index is 0.121. The zero-order chi connectivity index (χ0) is 17.4. The van der Waals surface area contributed by atoms with Gasteiger partial charge in [-0.15, -0.1) is 0 Å². The van der Waals surface area contributed by atoms with Crippen molar-refractivity contribution in [2.45, 2.75) is 25.0 Å². The highest BCUT2D eigenvalue weighted by Crippen LogP contribution is 2.27. The van der Waals surface area contributed by atoms with E-state index in [1.807, 2.05) is 30.3 Å².